The van der Waals surface area contributed by atoms with Crippen molar-refractivity contribution >= 4 is 27.0 Å². The topological polar surface area (TPSA) is 30.9 Å². The van der Waals surface area contributed by atoms with E-state index in [0.717, 1.165) is 32.7 Å². The third kappa shape index (κ3) is 4.37. The van der Waals surface area contributed by atoms with Crippen molar-refractivity contribution in [3.8, 4) is 0 Å². The number of rotatable bonds is 6. The molecule has 27 heavy (non-hydrogen) atoms. The maximum absolute atomic E-state index is 4.52. The highest BCUT2D eigenvalue weighted by Crippen LogP contribution is 2.69. The molecule has 0 amide bonds. The molecule has 0 bridgehead atoms. The number of anilines is 1. The van der Waals surface area contributed by atoms with Gasteiger partial charge in [-0.15, -0.1) is 10.2 Å². The van der Waals surface area contributed by atoms with E-state index in [4.69, 9.17) is 0 Å². The zero-order valence-electron chi connectivity index (χ0n) is 16.1. The van der Waals surface area contributed by atoms with E-state index in [1.54, 1.807) is 0 Å². The lowest BCUT2D eigenvalue weighted by Gasteiger charge is -2.35. The molecule has 2 heterocycles. The van der Waals surface area contributed by atoms with Gasteiger partial charge in [0.25, 0.3) is 0 Å². The van der Waals surface area contributed by atoms with Crippen LogP contribution in [0.5, 0.6) is 0 Å². The zero-order valence-corrected chi connectivity index (χ0v) is 17.0. The highest BCUT2D eigenvalue weighted by Gasteiger charge is 2.34. The van der Waals surface area contributed by atoms with Crippen LogP contribution in [0.4, 0.5) is 5.69 Å². The van der Waals surface area contributed by atoms with Crippen molar-refractivity contribution in [3.05, 3.63) is 71.1 Å². The normalized spacial score (nSPS) is 25.1. The van der Waals surface area contributed by atoms with E-state index in [1.807, 2.05) is 6.21 Å². The van der Waals surface area contributed by atoms with Crippen molar-refractivity contribution in [2.45, 2.75) is 6.92 Å². The highest BCUT2D eigenvalue weighted by atomic mass is 32.3. The van der Waals surface area contributed by atoms with Gasteiger partial charge in [0.2, 0.25) is 0 Å². The van der Waals surface area contributed by atoms with Crippen LogP contribution in [0.3, 0.4) is 0 Å². The molecule has 2 aliphatic rings. The molecule has 4 rings (SSSR count). The van der Waals surface area contributed by atoms with Crippen LogP contribution in [0.15, 0.2) is 65.1 Å². The average molecular weight is 381 g/mol. The van der Waals surface area contributed by atoms with E-state index < -0.39 is 10.2 Å². The Balaban J connectivity index is 1.20. The van der Waals surface area contributed by atoms with E-state index in [2.05, 4.69) is 92.9 Å². The van der Waals surface area contributed by atoms with Gasteiger partial charge in [-0.05, 0) is 36.3 Å². The maximum atomic E-state index is 4.52. The molecular weight excluding hydrogens is 352 g/mol. The summed E-state index contributed by atoms with van der Waals surface area (Å²) in [6, 6.07) is 19.4. The van der Waals surface area contributed by atoms with Gasteiger partial charge in [-0.2, -0.15) is 5.10 Å². The second kappa shape index (κ2) is 7.79. The Morgan fingerprint density at radius 3 is 2.41 bits per heavy atom. The minimum Gasteiger partial charge on any atom is -0.369 e. The number of nitrogens with zero attached hydrogens (tertiary/aromatic N) is 3. The van der Waals surface area contributed by atoms with Gasteiger partial charge in [0.05, 0.1) is 0 Å². The largest absolute Gasteiger partial charge is 0.369 e. The lowest BCUT2D eigenvalue weighted by molar-refractivity contribution is 0.293. The highest BCUT2D eigenvalue weighted by molar-refractivity contribution is 8.47. The minimum absolute atomic E-state index is 0.908. The summed E-state index contributed by atoms with van der Waals surface area (Å²) in [4.78, 5) is 9.73. The van der Waals surface area contributed by atoms with Gasteiger partial charge in [0.15, 0.2) is 0 Å². The Kier molecular flexibility index (Phi) is 5.23. The Bertz CT molecular complexity index is 823. The van der Waals surface area contributed by atoms with Crippen LogP contribution in [0.1, 0.15) is 11.1 Å². The monoisotopic (exact) mass is 380 g/mol. The van der Waals surface area contributed by atoms with Gasteiger partial charge >= 0.3 is 0 Å². The molecule has 1 N–H and O–H groups in total. The molecule has 5 heteroatoms. The van der Waals surface area contributed by atoms with Gasteiger partial charge in [0.1, 0.15) is 0 Å². The standard InChI is InChI=1S/C22H28N4S/c1-19-8-10-21(11-9-19)26-16-14-25(15-17-26)13-12-23-24-27(2)18-22(27)20-6-4-3-5-7-20/h3-12,18,24H,13-17H2,1-2H3/b23-12-. The van der Waals surface area contributed by atoms with E-state index >= 15 is 0 Å². The van der Waals surface area contributed by atoms with Gasteiger partial charge in [-0.1, -0.05) is 48.0 Å². The third-order valence-corrected chi connectivity index (χ3v) is 7.45. The molecule has 1 saturated heterocycles. The number of benzene rings is 2. The molecule has 0 radical (unpaired) electrons. The predicted octanol–water partition coefficient (Wildman–Crippen LogP) is 4.05. The number of hydrazone groups is 1. The first kappa shape index (κ1) is 18.1. The fourth-order valence-electron chi connectivity index (χ4n) is 3.43. The molecule has 2 aromatic carbocycles. The number of piperazine rings is 1. The molecule has 0 spiro atoms. The molecule has 0 aliphatic carbocycles. The van der Waals surface area contributed by atoms with Crippen LogP contribution in [0, 0.1) is 6.92 Å². The Hall–Kier alpha value is -2.24. The van der Waals surface area contributed by atoms with Crippen molar-refractivity contribution in [2.24, 2.45) is 5.10 Å². The first-order chi connectivity index (χ1) is 13.1. The molecule has 1 fully saturated rings. The van der Waals surface area contributed by atoms with Crippen molar-refractivity contribution in [1.29, 1.82) is 0 Å². The summed E-state index contributed by atoms with van der Waals surface area (Å²) in [6.07, 6.45) is 4.28. The van der Waals surface area contributed by atoms with Crippen molar-refractivity contribution in [2.75, 3.05) is 43.9 Å². The van der Waals surface area contributed by atoms with E-state index in [0.29, 0.717) is 0 Å². The maximum Gasteiger partial charge on any atom is 0.0393 e. The fraction of sp³-hybridized carbons (Fsp3) is 0.318. The molecular formula is C22H28N4S. The summed E-state index contributed by atoms with van der Waals surface area (Å²) >= 11 is 0. The summed E-state index contributed by atoms with van der Waals surface area (Å²) < 4.78 is 0. The first-order valence-electron chi connectivity index (χ1n) is 9.52. The van der Waals surface area contributed by atoms with Crippen molar-refractivity contribution in [3.63, 3.8) is 0 Å². The molecule has 1 atom stereocenters. The Morgan fingerprint density at radius 1 is 1.00 bits per heavy atom. The van der Waals surface area contributed by atoms with E-state index in [1.165, 1.54) is 21.7 Å². The SMILES string of the molecule is Cc1ccc(N2CCN(C/C=N\NS3(C)C=C3c3ccccc3)CC2)cc1. The average Bonchev–Trinajstić information content (AvgIpc) is 3.39. The minimum atomic E-state index is -1.00. The van der Waals surface area contributed by atoms with Gasteiger partial charge in [0, 0.05) is 49.5 Å². The van der Waals surface area contributed by atoms with Crippen LogP contribution < -0.4 is 9.73 Å². The van der Waals surface area contributed by atoms with Crippen molar-refractivity contribution in [1.82, 2.24) is 9.73 Å². The summed E-state index contributed by atoms with van der Waals surface area (Å²) in [6.45, 7) is 7.36. The number of hydrogen-bond acceptors (Lipinski definition) is 4. The number of nitrogens with one attached hydrogen (secondary N) is 1. The third-order valence-electron chi connectivity index (χ3n) is 5.25. The van der Waals surface area contributed by atoms with Gasteiger partial charge in [-0.3, -0.25) is 9.73 Å². The number of aryl methyl sites for hydroxylation is 1. The second-order valence-electron chi connectivity index (χ2n) is 7.36. The van der Waals surface area contributed by atoms with Crippen LogP contribution in [-0.2, 0) is 0 Å². The van der Waals surface area contributed by atoms with E-state index in [9.17, 15) is 0 Å². The lowest BCUT2D eigenvalue weighted by Crippen LogP contribution is -2.47. The van der Waals surface area contributed by atoms with Crippen molar-refractivity contribution < 1.29 is 0 Å². The van der Waals surface area contributed by atoms with Crippen LogP contribution in [-0.4, -0.2) is 50.1 Å². The smallest absolute Gasteiger partial charge is 0.0393 e. The fourth-order valence-corrected chi connectivity index (χ4v) is 5.45. The number of hydrogen-bond donors (Lipinski definition) is 1. The van der Waals surface area contributed by atoms with Gasteiger partial charge < -0.3 is 4.90 Å². The Morgan fingerprint density at radius 2 is 1.70 bits per heavy atom. The van der Waals surface area contributed by atoms with E-state index in [-0.39, 0.29) is 0 Å². The quantitative estimate of drug-likeness (QED) is 0.606. The predicted molar refractivity (Wildman–Crippen MR) is 119 cm³/mol. The summed E-state index contributed by atoms with van der Waals surface area (Å²) in [7, 11) is -1.00. The molecule has 142 valence electrons. The molecule has 1 unspecified atom stereocenters. The summed E-state index contributed by atoms with van der Waals surface area (Å²) in [5.74, 6) is 0. The molecule has 0 aromatic heterocycles. The molecule has 0 saturated carbocycles. The molecule has 2 aromatic rings. The summed E-state index contributed by atoms with van der Waals surface area (Å²) in [5, 5.41) is 6.84. The lowest BCUT2D eigenvalue weighted by atomic mass is 10.2. The van der Waals surface area contributed by atoms with Crippen LogP contribution >= 0.6 is 10.2 Å². The zero-order chi connectivity index (χ0) is 18.7. The van der Waals surface area contributed by atoms with Gasteiger partial charge in [-0.25, -0.2) is 0 Å². The molecule has 2 aliphatic heterocycles. The first-order valence-corrected chi connectivity index (χ1v) is 11.6. The van der Waals surface area contributed by atoms with Crippen LogP contribution in [0.25, 0.3) is 4.91 Å². The van der Waals surface area contributed by atoms with Crippen LogP contribution in [0.2, 0.25) is 0 Å². The summed E-state index contributed by atoms with van der Waals surface area (Å²) in [5.41, 5.74) is 3.96. The second-order valence-corrected chi connectivity index (χ2v) is 10.2. The Labute approximate surface area is 164 Å². The molecule has 4 nitrogen and oxygen atoms in total.